The minimum absolute atomic E-state index is 0.0710. The number of hydrogen-bond donors (Lipinski definition) is 3. The number of fused-ring (bicyclic) bond motifs is 1. The zero-order chi connectivity index (χ0) is 20.9. The minimum atomic E-state index is -4.61. The Balaban J connectivity index is 1.94. The minimum Gasteiger partial charge on any atom is -0.390 e. The summed E-state index contributed by atoms with van der Waals surface area (Å²) in [6.07, 6.45) is -5.08. The molecule has 1 amide bonds. The lowest BCUT2D eigenvalue weighted by molar-refractivity contribution is -0.137. The van der Waals surface area contributed by atoms with Gasteiger partial charge in [-0.05, 0) is 44.9 Å². The van der Waals surface area contributed by atoms with Crippen LogP contribution < -0.4 is 10.9 Å². The van der Waals surface area contributed by atoms with Crippen LogP contribution in [0.5, 0.6) is 0 Å². The molecule has 0 aliphatic heterocycles. The van der Waals surface area contributed by atoms with E-state index in [-0.39, 0.29) is 22.5 Å². The number of amides is 1. The van der Waals surface area contributed by atoms with Gasteiger partial charge in [0, 0.05) is 11.4 Å². The molecule has 1 saturated carbocycles. The first kappa shape index (κ1) is 20.3. The first-order valence-electron chi connectivity index (χ1n) is 8.69. The van der Waals surface area contributed by atoms with E-state index in [1.165, 1.54) is 6.92 Å². The molecule has 1 heterocycles. The van der Waals surface area contributed by atoms with Gasteiger partial charge in [0.1, 0.15) is 6.54 Å². The number of rotatable bonds is 4. The van der Waals surface area contributed by atoms with Crippen molar-refractivity contribution in [3.8, 4) is 0 Å². The molecule has 0 spiro atoms. The molecule has 3 rings (SSSR count). The van der Waals surface area contributed by atoms with Crippen molar-refractivity contribution in [2.24, 2.45) is 0 Å². The zero-order valence-corrected chi connectivity index (χ0v) is 15.2. The molecule has 28 heavy (non-hydrogen) atoms. The van der Waals surface area contributed by atoms with E-state index in [0.717, 1.165) is 22.9 Å². The normalized spacial score (nSPS) is 23.3. The van der Waals surface area contributed by atoms with E-state index in [2.05, 4.69) is 10.4 Å². The number of nitrogens with zero attached hydrogens (tertiary/aromatic N) is 2. The number of aliphatic hydroxyl groups excluding tert-OH is 1. The molecule has 0 bridgehead atoms. The van der Waals surface area contributed by atoms with E-state index in [4.69, 9.17) is 0 Å². The highest BCUT2D eigenvalue weighted by molar-refractivity contribution is 5.85. The highest BCUT2D eigenvalue weighted by atomic mass is 19.4. The van der Waals surface area contributed by atoms with Crippen LogP contribution in [0.2, 0.25) is 0 Å². The molecule has 0 saturated heterocycles. The summed E-state index contributed by atoms with van der Waals surface area (Å²) in [5, 5.41) is 26.0. The molecule has 152 valence electrons. The smallest absolute Gasteiger partial charge is 0.390 e. The predicted molar refractivity (Wildman–Crippen MR) is 93.4 cm³/mol. The SMILES string of the molecule is CC(O)c1nn(CC(=O)NC2CC(C)(O)C2)c(=O)c2ccc(C(F)(F)F)cc12. The van der Waals surface area contributed by atoms with Gasteiger partial charge in [-0.3, -0.25) is 9.59 Å². The van der Waals surface area contributed by atoms with Gasteiger partial charge in [-0.15, -0.1) is 0 Å². The van der Waals surface area contributed by atoms with Crippen LogP contribution in [0.1, 0.15) is 44.1 Å². The van der Waals surface area contributed by atoms with Gasteiger partial charge in [-0.25, -0.2) is 4.68 Å². The molecule has 1 aliphatic rings. The molecule has 1 aromatic carbocycles. The molecule has 10 heteroatoms. The van der Waals surface area contributed by atoms with E-state index in [0.29, 0.717) is 12.8 Å². The third kappa shape index (κ3) is 4.02. The van der Waals surface area contributed by atoms with Crippen molar-refractivity contribution in [2.75, 3.05) is 0 Å². The maximum Gasteiger partial charge on any atom is 0.416 e. The summed E-state index contributed by atoms with van der Waals surface area (Å²) < 4.78 is 39.8. The van der Waals surface area contributed by atoms with Gasteiger partial charge in [-0.1, -0.05) is 0 Å². The number of aliphatic hydroxyl groups is 2. The predicted octanol–water partition coefficient (Wildman–Crippen LogP) is 1.50. The van der Waals surface area contributed by atoms with Gasteiger partial charge >= 0.3 is 6.18 Å². The second-order valence-electron chi connectivity index (χ2n) is 7.45. The maximum atomic E-state index is 13.0. The van der Waals surface area contributed by atoms with E-state index in [1.54, 1.807) is 6.92 Å². The number of benzene rings is 1. The van der Waals surface area contributed by atoms with Crippen LogP contribution in [0.25, 0.3) is 10.8 Å². The summed E-state index contributed by atoms with van der Waals surface area (Å²) in [7, 11) is 0. The van der Waals surface area contributed by atoms with Crippen molar-refractivity contribution in [3.63, 3.8) is 0 Å². The molecular formula is C18H20F3N3O4. The Kier molecular flexibility index (Phi) is 4.96. The van der Waals surface area contributed by atoms with Gasteiger partial charge < -0.3 is 15.5 Å². The van der Waals surface area contributed by atoms with E-state index >= 15 is 0 Å². The number of halogens is 3. The van der Waals surface area contributed by atoms with Crippen molar-refractivity contribution in [2.45, 2.75) is 57.2 Å². The molecule has 1 aromatic heterocycles. The Morgan fingerprint density at radius 2 is 2.04 bits per heavy atom. The molecule has 1 atom stereocenters. The van der Waals surface area contributed by atoms with Gasteiger partial charge in [0.2, 0.25) is 5.91 Å². The lowest BCUT2D eigenvalue weighted by atomic mass is 9.77. The number of nitrogens with one attached hydrogen (secondary N) is 1. The largest absolute Gasteiger partial charge is 0.416 e. The zero-order valence-electron chi connectivity index (χ0n) is 15.2. The number of hydrogen-bond acceptors (Lipinski definition) is 5. The van der Waals surface area contributed by atoms with Crippen LogP contribution in [0, 0.1) is 0 Å². The van der Waals surface area contributed by atoms with Crippen molar-refractivity contribution in [3.05, 3.63) is 39.8 Å². The average Bonchev–Trinajstić information content (AvgIpc) is 2.54. The maximum absolute atomic E-state index is 13.0. The summed E-state index contributed by atoms with van der Waals surface area (Å²) >= 11 is 0. The topological polar surface area (TPSA) is 104 Å². The van der Waals surface area contributed by atoms with Crippen LogP contribution in [0.4, 0.5) is 13.2 Å². The lowest BCUT2D eigenvalue weighted by Gasteiger charge is -2.41. The molecule has 1 unspecified atom stereocenters. The van der Waals surface area contributed by atoms with Gasteiger partial charge in [0.15, 0.2) is 0 Å². The molecule has 1 aliphatic carbocycles. The van der Waals surface area contributed by atoms with E-state index in [1.807, 2.05) is 0 Å². The highest BCUT2D eigenvalue weighted by Gasteiger charge is 2.39. The standard InChI is InChI=1S/C18H20F3N3O4/c1-9(25)15-13-5-10(18(19,20)21)3-4-12(13)16(27)24(23-15)8-14(26)22-11-6-17(2,28)7-11/h3-5,9,11,25,28H,6-8H2,1-2H3,(H,22,26). The van der Waals surface area contributed by atoms with E-state index in [9.17, 15) is 33.0 Å². The molecule has 3 N–H and O–H groups in total. The molecular weight excluding hydrogens is 379 g/mol. The lowest BCUT2D eigenvalue weighted by Crippen LogP contribution is -2.54. The summed E-state index contributed by atoms with van der Waals surface area (Å²) in [5.74, 6) is -0.516. The number of aromatic nitrogens is 2. The van der Waals surface area contributed by atoms with Crippen molar-refractivity contribution < 1.29 is 28.2 Å². The first-order chi connectivity index (χ1) is 12.9. The number of carbonyl (C=O) groups excluding carboxylic acids is 1. The average molecular weight is 399 g/mol. The Morgan fingerprint density at radius 1 is 1.39 bits per heavy atom. The van der Waals surface area contributed by atoms with Gasteiger partial charge in [0.25, 0.3) is 5.56 Å². The van der Waals surface area contributed by atoms with Gasteiger partial charge in [0.05, 0.1) is 28.3 Å². The Hall–Kier alpha value is -2.46. The van der Waals surface area contributed by atoms with Crippen LogP contribution in [-0.4, -0.2) is 37.5 Å². The second-order valence-corrected chi connectivity index (χ2v) is 7.45. The number of carbonyl (C=O) groups is 1. The summed E-state index contributed by atoms with van der Waals surface area (Å²) in [4.78, 5) is 24.8. The summed E-state index contributed by atoms with van der Waals surface area (Å²) in [6, 6.07) is 2.35. The van der Waals surface area contributed by atoms with Crippen LogP contribution >= 0.6 is 0 Å². The fraction of sp³-hybridized carbons (Fsp3) is 0.500. The molecule has 2 aromatic rings. The van der Waals surface area contributed by atoms with Crippen molar-refractivity contribution in [1.82, 2.24) is 15.1 Å². The second kappa shape index (κ2) is 6.85. The third-order valence-corrected chi connectivity index (χ3v) is 4.74. The van der Waals surface area contributed by atoms with Crippen LogP contribution in [-0.2, 0) is 17.5 Å². The van der Waals surface area contributed by atoms with Crippen molar-refractivity contribution in [1.29, 1.82) is 0 Å². The Morgan fingerprint density at radius 3 is 2.57 bits per heavy atom. The number of alkyl halides is 3. The quantitative estimate of drug-likeness (QED) is 0.723. The molecule has 0 radical (unpaired) electrons. The summed E-state index contributed by atoms with van der Waals surface area (Å²) in [6.45, 7) is 2.51. The van der Waals surface area contributed by atoms with Crippen molar-refractivity contribution >= 4 is 16.7 Å². The molecule has 1 fully saturated rings. The third-order valence-electron chi connectivity index (χ3n) is 4.74. The fourth-order valence-corrected chi connectivity index (χ4v) is 3.42. The Labute approximate surface area is 157 Å². The summed E-state index contributed by atoms with van der Waals surface area (Å²) in [5.41, 5.74) is -2.65. The fourth-order valence-electron chi connectivity index (χ4n) is 3.42. The Bertz CT molecular complexity index is 974. The monoisotopic (exact) mass is 399 g/mol. The molecule has 7 nitrogen and oxygen atoms in total. The van der Waals surface area contributed by atoms with Crippen LogP contribution in [0.3, 0.4) is 0 Å². The van der Waals surface area contributed by atoms with Crippen LogP contribution in [0.15, 0.2) is 23.0 Å². The van der Waals surface area contributed by atoms with E-state index < -0.39 is 41.5 Å². The first-order valence-corrected chi connectivity index (χ1v) is 8.69. The highest BCUT2D eigenvalue weighted by Crippen LogP contribution is 2.33. The van der Waals surface area contributed by atoms with Gasteiger partial charge in [-0.2, -0.15) is 18.3 Å².